The Kier molecular flexibility index (Phi) is 5.46. The standard InChI is InChI=1S/C19H22N2O3/c22-18-7-6-16(12-15-4-2-1-3-5-15)13-17(18)20-19(23)14-21-8-10-24-11-9-21/h1-7,13,22H,8-12,14H2,(H,20,23). The summed E-state index contributed by atoms with van der Waals surface area (Å²) in [6.07, 6.45) is 0.757. The molecular formula is C19H22N2O3. The van der Waals surface area contributed by atoms with E-state index in [1.54, 1.807) is 6.07 Å². The van der Waals surface area contributed by atoms with Crippen molar-refractivity contribution >= 4 is 11.6 Å². The Hall–Kier alpha value is -2.37. The van der Waals surface area contributed by atoms with Crippen molar-refractivity contribution in [1.29, 1.82) is 0 Å². The van der Waals surface area contributed by atoms with E-state index in [2.05, 4.69) is 17.4 Å². The van der Waals surface area contributed by atoms with Crippen LogP contribution in [0.3, 0.4) is 0 Å². The number of nitrogens with one attached hydrogen (secondary N) is 1. The van der Waals surface area contributed by atoms with E-state index in [-0.39, 0.29) is 11.7 Å². The minimum absolute atomic E-state index is 0.0853. The molecule has 2 N–H and O–H groups in total. The zero-order valence-electron chi connectivity index (χ0n) is 13.6. The number of hydrogen-bond acceptors (Lipinski definition) is 4. The number of aromatic hydroxyl groups is 1. The number of carbonyl (C=O) groups excluding carboxylic acids is 1. The zero-order valence-corrected chi connectivity index (χ0v) is 13.6. The first-order chi connectivity index (χ1) is 11.7. The Balaban J connectivity index is 1.64. The van der Waals surface area contributed by atoms with Crippen molar-refractivity contribution in [3.8, 4) is 5.75 Å². The molecule has 1 heterocycles. The summed E-state index contributed by atoms with van der Waals surface area (Å²) in [7, 11) is 0. The Morgan fingerprint density at radius 1 is 1.08 bits per heavy atom. The SMILES string of the molecule is O=C(CN1CCOCC1)Nc1cc(Cc2ccccc2)ccc1O. The van der Waals surface area contributed by atoms with Crippen LogP contribution >= 0.6 is 0 Å². The quantitative estimate of drug-likeness (QED) is 0.828. The minimum atomic E-state index is -0.121. The number of ether oxygens (including phenoxy) is 1. The second-order valence-electron chi connectivity index (χ2n) is 5.95. The Morgan fingerprint density at radius 2 is 1.83 bits per heavy atom. The molecule has 0 unspecified atom stereocenters. The van der Waals surface area contributed by atoms with Crippen LogP contribution in [-0.4, -0.2) is 48.8 Å². The number of hydrogen-bond donors (Lipinski definition) is 2. The van der Waals surface area contributed by atoms with Gasteiger partial charge in [-0.05, 0) is 29.7 Å². The summed E-state index contributed by atoms with van der Waals surface area (Å²) < 4.78 is 5.28. The largest absolute Gasteiger partial charge is 0.506 e. The molecule has 2 aromatic rings. The minimum Gasteiger partial charge on any atom is -0.506 e. The number of rotatable bonds is 5. The lowest BCUT2D eigenvalue weighted by Crippen LogP contribution is -2.41. The molecule has 1 fully saturated rings. The predicted molar refractivity (Wildman–Crippen MR) is 93.2 cm³/mol. The van der Waals surface area contributed by atoms with Gasteiger partial charge in [0.05, 0.1) is 25.4 Å². The van der Waals surface area contributed by atoms with Crippen molar-refractivity contribution in [2.75, 3.05) is 38.2 Å². The van der Waals surface area contributed by atoms with Crippen LogP contribution in [0.15, 0.2) is 48.5 Å². The van der Waals surface area contributed by atoms with E-state index in [1.165, 1.54) is 5.56 Å². The number of morpholine rings is 1. The maximum absolute atomic E-state index is 12.2. The van der Waals surface area contributed by atoms with E-state index in [4.69, 9.17) is 4.74 Å². The van der Waals surface area contributed by atoms with Crippen LogP contribution in [0.25, 0.3) is 0 Å². The topological polar surface area (TPSA) is 61.8 Å². The maximum atomic E-state index is 12.2. The van der Waals surface area contributed by atoms with Crippen LogP contribution in [0.4, 0.5) is 5.69 Å². The van der Waals surface area contributed by atoms with Crippen LogP contribution in [0, 0.1) is 0 Å². The molecule has 0 spiro atoms. The average Bonchev–Trinajstić information content (AvgIpc) is 2.60. The van der Waals surface area contributed by atoms with Crippen LogP contribution in [0.1, 0.15) is 11.1 Å². The van der Waals surface area contributed by atoms with Gasteiger partial charge in [-0.25, -0.2) is 0 Å². The third kappa shape index (κ3) is 4.57. The first kappa shape index (κ1) is 16.5. The number of phenols is 1. The first-order valence-corrected chi connectivity index (χ1v) is 8.16. The number of nitrogens with zero attached hydrogens (tertiary/aromatic N) is 1. The van der Waals surface area contributed by atoms with Gasteiger partial charge in [-0.2, -0.15) is 0 Å². The van der Waals surface area contributed by atoms with E-state index < -0.39 is 0 Å². The fraction of sp³-hybridized carbons (Fsp3) is 0.316. The third-order valence-electron chi connectivity index (χ3n) is 4.06. The monoisotopic (exact) mass is 326 g/mol. The van der Waals surface area contributed by atoms with Gasteiger partial charge < -0.3 is 15.2 Å². The summed E-state index contributed by atoms with van der Waals surface area (Å²) in [6, 6.07) is 15.4. The lowest BCUT2D eigenvalue weighted by molar-refractivity contribution is -0.118. The Labute approximate surface area is 141 Å². The Morgan fingerprint density at radius 3 is 2.58 bits per heavy atom. The van der Waals surface area contributed by atoms with Gasteiger partial charge in [0.15, 0.2) is 0 Å². The molecule has 0 saturated carbocycles. The molecule has 126 valence electrons. The molecule has 0 atom stereocenters. The number of carbonyl (C=O) groups is 1. The van der Waals surface area contributed by atoms with Gasteiger partial charge >= 0.3 is 0 Å². The van der Waals surface area contributed by atoms with E-state index >= 15 is 0 Å². The summed E-state index contributed by atoms with van der Waals surface area (Å²) in [6.45, 7) is 3.14. The summed E-state index contributed by atoms with van der Waals surface area (Å²) >= 11 is 0. The highest BCUT2D eigenvalue weighted by molar-refractivity contribution is 5.93. The average molecular weight is 326 g/mol. The number of benzene rings is 2. The Bertz CT molecular complexity index is 682. The van der Waals surface area contributed by atoms with Crippen LogP contribution in [0.2, 0.25) is 0 Å². The normalized spacial score (nSPS) is 15.2. The molecule has 0 bridgehead atoms. The summed E-state index contributed by atoms with van der Waals surface area (Å²) in [5, 5.41) is 12.8. The van der Waals surface area contributed by atoms with Gasteiger partial charge in [0, 0.05) is 13.1 Å². The van der Waals surface area contributed by atoms with E-state index in [1.807, 2.05) is 35.2 Å². The molecule has 0 aromatic heterocycles. The fourth-order valence-corrected chi connectivity index (χ4v) is 2.78. The van der Waals surface area contributed by atoms with Gasteiger partial charge in [0.1, 0.15) is 5.75 Å². The van der Waals surface area contributed by atoms with Gasteiger partial charge in [0.25, 0.3) is 0 Å². The second-order valence-corrected chi connectivity index (χ2v) is 5.95. The van der Waals surface area contributed by atoms with Crippen LogP contribution in [-0.2, 0) is 16.0 Å². The van der Waals surface area contributed by atoms with Crippen molar-refractivity contribution in [2.24, 2.45) is 0 Å². The molecular weight excluding hydrogens is 304 g/mol. The van der Waals surface area contributed by atoms with Crippen LogP contribution < -0.4 is 5.32 Å². The maximum Gasteiger partial charge on any atom is 0.238 e. The van der Waals surface area contributed by atoms with E-state index in [9.17, 15) is 9.90 Å². The predicted octanol–water partition coefficient (Wildman–Crippen LogP) is 2.25. The van der Waals surface area contributed by atoms with Crippen molar-refractivity contribution in [3.05, 3.63) is 59.7 Å². The molecule has 1 aliphatic rings. The van der Waals surface area contributed by atoms with Crippen molar-refractivity contribution < 1.29 is 14.6 Å². The van der Waals surface area contributed by atoms with E-state index in [0.717, 1.165) is 25.1 Å². The smallest absolute Gasteiger partial charge is 0.238 e. The summed E-state index contributed by atoms with van der Waals surface area (Å²) in [5.41, 5.74) is 2.69. The van der Waals surface area contributed by atoms with Crippen LogP contribution in [0.5, 0.6) is 5.75 Å². The second kappa shape index (κ2) is 7.95. The molecule has 1 aliphatic heterocycles. The molecule has 2 aromatic carbocycles. The zero-order chi connectivity index (χ0) is 16.8. The molecule has 1 saturated heterocycles. The molecule has 5 heteroatoms. The van der Waals surface area contributed by atoms with Gasteiger partial charge in [-0.3, -0.25) is 9.69 Å². The number of amides is 1. The molecule has 0 radical (unpaired) electrons. The highest BCUT2D eigenvalue weighted by atomic mass is 16.5. The molecule has 1 amide bonds. The number of phenolic OH excluding ortho intramolecular Hbond substituents is 1. The molecule has 5 nitrogen and oxygen atoms in total. The molecule has 3 rings (SSSR count). The molecule has 24 heavy (non-hydrogen) atoms. The third-order valence-corrected chi connectivity index (χ3v) is 4.06. The van der Waals surface area contributed by atoms with E-state index in [0.29, 0.717) is 25.4 Å². The summed E-state index contributed by atoms with van der Waals surface area (Å²) in [5.74, 6) is -0.0359. The van der Waals surface area contributed by atoms with Gasteiger partial charge in [-0.15, -0.1) is 0 Å². The van der Waals surface area contributed by atoms with Gasteiger partial charge in [-0.1, -0.05) is 36.4 Å². The van der Waals surface area contributed by atoms with Crippen molar-refractivity contribution in [2.45, 2.75) is 6.42 Å². The van der Waals surface area contributed by atoms with Crippen molar-refractivity contribution in [3.63, 3.8) is 0 Å². The van der Waals surface area contributed by atoms with Gasteiger partial charge in [0.2, 0.25) is 5.91 Å². The highest BCUT2D eigenvalue weighted by Gasteiger charge is 2.15. The number of anilines is 1. The van der Waals surface area contributed by atoms with Crippen molar-refractivity contribution in [1.82, 2.24) is 4.90 Å². The first-order valence-electron chi connectivity index (χ1n) is 8.16. The fourth-order valence-electron chi connectivity index (χ4n) is 2.78. The highest BCUT2D eigenvalue weighted by Crippen LogP contribution is 2.25. The lowest BCUT2D eigenvalue weighted by atomic mass is 10.0. The lowest BCUT2D eigenvalue weighted by Gasteiger charge is -2.25. The summed E-state index contributed by atoms with van der Waals surface area (Å²) in [4.78, 5) is 14.2. The molecule has 0 aliphatic carbocycles.